The maximum atomic E-state index is 14.3. The molecule has 2 amide bonds. The van der Waals surface area contributed by atoms with E-state index in [1.807, 2.05) is 91.0 Å². The van der Waals surface area contributed by atoms with E-state index in [0.717, 1.165) is 16.7 Å². The number of hydrogen-bond donors (Lipinski definition) is 2. The van der Waals surface area contributed by atoms with Gasteiger partial charge in [0.2, 0.25) is 11.8 Å². The Morgan fingerprint density at radius 1 is 0.806 bits per heavy atom. The molecule has 3 aromatic rings. The lowest BCUT2D eigenvalue weighted by atomic mass is 9.68. The van der Waals surface area contributed by atoms with Crippen molar-refractivity contribution in [2.45, 2.75) is 56.8 Å². The van der Waals surface area contributed by atoms with Crippen molar-refractivity contribution in [2.24, 2.45) is 5.73 Å². The largest absolute Gasteiger partial charge is 0.417 e. The summed E-state index contributed by atoms with van der Waals surface area (Å²) in [5, 5.41) is 3.04. The van der Waals surface area contributed by atoms with Crippen molar-refractivity contribution in [3.05, 3.63) is 108 Å². The first-order chi connectivity index (χ1) is 17.0. The molecular formula is C30H38N2O3Si. The van der Waals surface area contributed by atoms with Crippen LogP contribution in [0.1, 0.15) is 43.9 Å². The summed E-state index contributed by atoms with van der Waals surface area (Å²) in [7, 11) is -2.01. The molecule has 6 heteroatoms. The van der Waals surface area contributed by atoms with Gasteiger partial charge in [0.25, 0.3) is 0 Å². The highest BCUT2D eigenvalue weighted by molar-refractivity contribution is 6.74. The van der Waals surface area contributed by atoms with Crippen molar-refractivity contribution >= 4 is 20.1 Å². The third-order valence-electron chi connectivity index (χ3n) is 7.29. The van der Waals surface area contributed by atoms with E-state index in [1.54, 1.807) is 0 Å². The zero-order valence-corrected chi connectivity index (χ0v) is 23.0. The fraction of sp³-hybridized carbons (Fsp3) is 0.333. The second-order valence-corrected chi connectivity index (χ2v) is 15.5. The summed E-state index contributed by atoms with van der Waals surface area (Å²) in [6, 6.07) is 28.1. The maximum absolute atomic E-state index is 14.3. The maximum Gasteiger partial charge on any atom is 0.240 e. The standard InChI is InChI=1S/C30H38N2O3Si/c1-29(2,3)36(4,5)35-22-21-26(27(31)33)32-28(34)30(23-15-9-6-10-16-23,24-17-11-7-12-18-24)25-19-13-8-14-20-25/h6-20,26H,21-22H2,1-5H3,(H2,31,33)(H,32,34)/t26-/m1/s1. The van der Waals surface area contributed by atoms with E-state index in [2.05, 4.69) is 39.2 Å². The van der Waals surface area contributed by atoms with Gasteiger partial charge in [-0.1, -0.05) is 112 Å². The second-order valence-electron chi connectivity index (χ2n) is 10.7. The third kappa shape index (κ3) is 5.77. The summed E-state index contributed by atoms with van der Waals surface area (Å²) in [6.07, 6.45) is 0.308. The van der Waals surface area contributed by atoms with Crippen LogP contribution in [0.4, 0.5) is 0 Å². The number of carbonyl (C=O) groups is 2. The van der Waals surface area contributed by atoms with Crippen molar-refractivity contribution in [3.63, 3.8) is 0 Å². The van der Waals surface area contributed by atoms with E-state index >= 15 is 0 Å². The Morgan fingerprint density at radius 2 is 1.19 bits per heavy atom. The summed E-state index contributed by atoms with van der Waals surface area (Å²) in [5.74, 6) is -0.882. The van der Waals surface area contributed by atoms with Crippen LogP contribution in [0.5, 0.6) is 0 Å². The number of nitrogens with one attached hydrogen (secondary N) is 1. The van der Waals surface area contributed by atoms with Gasteiger partial charge < -0.3 is 15.5 Å². The molecule has 0 radical (unpaired) electrons. The molecular weight excluding hydrogens is 464 g/mol. The number of rotatable bonds is 10. The van der Waals surface area contributed by atoms with Crippen molar-refractivity contribution in [1.82, 2.24) is 5.32 Å². The van der Waals surface area contributed by atoms with Gasteiger partial charge in [0.15, 0.2) is 8.32 Å². The van der Waals surface area contributed by atoms with Gasteiger partial charge in [0, 0.05) is 6.61 Å². The Kier molecular flexibility index (Phi) is 8.53. The van der Waals surface area contributed by atoms with Crippen LogP contribution in [0.25, 0.3) is 0 Å². The summed E-state index contributed by atoms with van der Waals surface area (Å²) in [5.41, 5.74) is 7.03. The molecule has 3 rings (SSSR count). The fourth-order valence-electron chi connectivity index (χ4n) is 4.16. The normalized spacial score (nSPS) is 13.1. The molecule has 0 heterocycles. The van der Waals surface area contributed by atoms with Crippen LogP contribution in [0, 0.1) is 0 Å². The first kappa shape index (κ1) is 27.4. The molecule has 190 valence electrons. The highest BCUT2D eigenvalue weighted by Gasteiger charge is 2.45. The van der Waals surface area contributed by atoms with E-state index in [0.29, 0.717) is 13.0 Å². The van der Waals surface area contributed by atoms with Crippen LogP contribution in [0.15, 0.2) is 91.0 Å². The van der Waals surface area contributed by atoms with Crippen LogP contribution in [0.2, 0.25) is 18.1 Å². The van der Waals surface area contributed by atoms with Crippen molar-refractivity contribution in [1.29, 1.82) is 0 Å². The summed E-state index contributed by atoms with van der Waals surface area (Å²) >= 11 is 0. The lowest BCUT2D eigenvalue weighted by molar-refractivity contribution is -0.129. The first-order valence-electron chi connectivity index (χ1n) is 12.4. The van der Waals surface area contributed by atoms with Crippen LogP contribution in [-0.4, -0.2) is 32.8 Å². The topological polar surface area (TPSA) is 81.4 Å². The lowest BCUT2D eigenvalue weighted by Gasteiger charge is -2.37. The zero-order valence-electron chi connectivity index (χ0n) is 22.0. The highest BCUT2D eigenvalue weighted by atomic mass is 28.4. The Morgan fingerprint density at radius 3 is 1.53 bits per heavy atom. The minimum atomic E-state index is -2.01. The van der Waals surface area contributed by atoms with Crippen LogP contribution in [-0.2, 0) is 19.4 Å². The predicted molar refractivity (Wildman–Crippen MR) is 148 cm³/mol. The van der Waals surface area contributed by atoms with Crippen molar-refractivity contribution in [2.75, 3.05) is 6.61 Å². The summed E-state index contributed by atoms with van der Waals surface area (Å²) in [6.45, 7) is 11.2. The van der Waals surface area contributed by atoms with Crippen LogP contribution >= 0.6 is 0 Å². The van der Waals surface area contributed by atoms with Gasteiger partial charge in [-0.25, -0.2) is 0 Å². The SMILES string of the molecule is CC(C)(C)[Si](C)(C)OCC[C@@H](NC(=O)C(c1ccccc1)(c1ccccc1)c1ccccc1)C(N)=O. The summed E-state index contributed by atoms with van der Waals surface area (Å²) in [4.78, 5) is 26.8. The molecule has 1 atom stereocenters. The number of benzene rings is 3. The van der Waals surface area contributed by atoms with E-state index in [1.165, 1.54) is 0 Å². The smallest absolute Gasteiger partial charge is 0.240 e. The zero-order chi connectivity index (χ0) is 26.4. The quantitative estimate of drug-likeness (QED) is 0.288. The van der Waals surface area contributed by atoms with E-state index in [9.17, 15) is 9.59 Å². The Bertz CT molecular complexity index is 1050. The molecule has 0 aromatic heterocycles. The monoisotopic (exact) mass is 502 g/mol. The summed E-state index contributed by atoms with van der Waals surface area (Å²) < 4.78 is 6.28. The fourth-order valence-corrected chi connectivity index (χ4v) is 5.22. The molecule has 3 aromatic carbocycles. The lowest BCUT2D eigenvalue weighted by Crippen LogP contribution is -2.54. The molecule has 0 unspecified atom stereocenters. The minimum absolute atomic E-state index is 0.0432. The van der Waals surface area contributed by atoms with Gasteiger partial charge >= 0.3 is 0 Å². The number of nitrogens with two attached hydrogens (primary N) is 1. The third-order valence-corrected chi connectivity index (χ3v) is 11.8. The van der Waals surface area contributed by atoms with Crippen molar-refractivity contribution in [3.8, 4) is 0 Å². The van der Waals surface area contributed by atoms with Gasteiger partial charge in [-0.2, -0.15) is 0 Å². The molecule has 3 N–H and O–H groups in total. The average Bonchev–Trinajstić information content (AvgIpc) is 2.85. The van der Waals surface area contributed by atoms with Gasteiger partial charge in [-0.15, -0.1) is 0 Å². The van der Waals surface area contributed by atoms with E-state index < -0.39 is 25.7 Å². The Labute approximate surface area is 216 Å². The molecule has 0 saturated carbocycles. The van der Waals surface area contributed by atoms with Gasteiger partial charge in [-0.05, 0) is 41.2 Å². The molecule has 0 aliphatic carbocycles. The van der Waals surface area contributed by atoms with Crippen LogP contribution in [0.3, 0.4) is 0 Å². The second kappa shape index (κ2) is 11.2. The first-order valence-corrected chi connectivity index (χ1v) is 15.3. The van der Waals surface area contributed by atoms with Gasteiger partial charge in [-0.3, -0.25) is 9.59 Å². The number of hydrogen-bond acceptors (Lipinski definition) is 3. The molecule has 0 aliphatic heterocycles. The molecule has 0 fully saturated rings. The van der Waals surface area contributed by atoms with E-state index in [-0.39, 0.29) is 10.9 Å². The minimum Gasteiger partial charge on any atom is -0.417 e. The van der Waals surface area contributed by atoms with Gasteiger partial charge in [0.05, 0.1) is 0 Å². The number of primary amides is 1. The van der Waals surface area contributed by atoms with Gasteiger partial charge in [0.1, 0.15) is 11.5 Å². The van der Waals surface area contributed by atoms with Crippen molar-refractivity contribution < 1.29 is 14.0 Å². The molecule has 5 nitrogen and oxygen atoms in total. The van der Waals surface area contributed by atoms with Crippen LogP contribution < -0.4 is 11.1 Å². The predicted octanol–water partition coefficient (Wildman–Crippen LogP) is 5.40. The Balaban J connectivity index is 2.02. The molecule has 0 saturated heterocycles. The number of amides is 2. The molecule has 0 spiro atoms. The molecule has 0 bridgehead atoms. The molecule has 0 aliphatic rings. The van der Waals surface area contributed by atoms with E-state index in [4.69, 9.17) is 10.2 Å². The number of carbonyl (C=O) groups excluding carboxylic acids is 2. The highest BCUT2D eigenvalue weighted by Crippen LogP contribution is 2.40. The Hall–Kier alpha value is -3.22. The molecule has 36 heavy (non-hydrogen) atoms. The average molecular weight is 503 g/mol.